The zero-order valence-electron chi connectivity index (χ0n) is 12.2. The van der Waals surface area contributed by atoms with Gasteiger partial charge in [0.15, 0.2) is 0 Å². The predicted molar refractivity (Wildman–Crippen MR) is 83.9 cm³/mol. The van der Waals surface area contributed by atoms with Crippen LogP contribution in [0, 0.1) is 0 Å². The highest BCUT2D eigenvalue weighted by Gasteiger charge is 2.29. The quantitative estimate of drug-likeness (QED) is 0.804. The van der Waals surface area contributed by atoms with Gasteiger partial charge in [-0.05, 0) is 50.9 Å². The molecule has 1 aromatic rings. The normalized spacial score (nSPS) is 19.8. The van der Waals surface area contributed by atoms with E-state index in [9.17, 15) is 8.42 Å². The smallest absolute Gasteiger partial charge is 0.242 e. The average Bonchev–Trinajstić information content (AvgIpc) is 3.11. The van der Waals surface area contributed by atoms with Gasteiger partial charge in [0.2, 0.25) is 10.0 Å². The number of hydrogen-bond donors (Lipinski definition) is 2. The van der Waals surface area contributed by atoms with Gasteiger partial charge in [0, 0.05) is 19.1 Å². The van der Waals surface area contributed by atoms with E-state index in [4.69, 9.17) is 0 Å². The summed E-state index contributed by atoms with van der Waals surface area (Å²) in [4.78, 5) is 2.77. The molecule has 21 heavy (non-hydrogen) atoms. The monoisotopic (exact) mass is 309 g/mol. The minimum atomic E-state index is -3.40. The fourth-order valence-electron chi connectivity index (χ4n) is 2.69. The molecule has 0 aromatic heterocycles. The second-order valence-corrected chi connectivity index (χ2v) is 7.55. The van der Waals surface area contributed by atoms with E-state index in [2.05, 4.69) is 14.9 Å². The van der Waals surface area contributed by atoms with Gasteiger partial charge in [0.1, 0.15) is 4.90 Å². The average molecular weight is 309 g/mol. The van der Waals surface area contributed by atoms with Crippen LogP contribution in [0.25, 0.3) is 0 Å². The lowest BCUT2D eigenvalue weighted by Gasteiger charge is -2.17. The van der Waals surface area contributed by atoms with E-state index in [0.717, 1.165) is 39.0 Å². The van der Waals surface area contributed by atoms with Gasteiger partial charge in [-0.3, -0.25) is 0 Å². The Morgan fingerprint density at radius 2 is 1.86 bits per heavy atom. The Bertz CT molecular complexity index is 578. The second kappa shape index (κ2) is 6.34. The molecule has 0 radical (unpaired) electrons. The van der Waals surface area contributed by atoms with Crippen LogP contribution in [0.5, 0.6) is 0 Å². The molecule has 2 fully saturated rings. The molecule has 1 heterocycles. The fraction of sp³-hybridized carbons (Fsp3) is 0.600. The third-order valence-electron chi connectivity index (χ3n) is 4.02. The summed E-state index contributed by atoms with van der Waals surface area (Å²) in [7, 11) is -3.40. The zero-order chi connectivity index (χ0) is 14.7. The van der Waals surface area contributed by atoms with Crippen LogP contribution in [0.4, 0.5) is 5.69 Å². The fourth-order valence-corrected chi connectivity index (χ4v) is 4.17. The van der Waals surface area contributed by atoms with Crippen molar-refractivity contribution < 1.29 is 8.42 Å². The number of sulfonamides is 1. The minimum Gasteiger partial charge on any atom is -0.383 e. The molecule has 0 unspecified atom stereocenters. The molecule has 1 saturated heterocycles. The molecule has 6 heteroatoms. The van der Waals surface area contributed by atoms with E-state index in [1.807, 2.05) is 12.1 Å². The van der Waals surface area contributed by atoms with Gasteiger partial charge in [0.25, 0.3) is 0 Å². The minimum absolute atomic E-state index is 0.132. The predicted octanol–water partition coefficient (Wildman–Crippen LogP) is 1.63. The van der Waals surface area contributed by atoms with Crippen molar-refractivity contribution >= 4 is 15.7 Å². The number of anilines is 1. The highest BCUT2D eigenvalue weighted by atomic mass is 32.2. The summed E-state index contributed by atoms with van der Waals surface area (Å²) in [6.07, 6.45) is 4.44. The molecule has 1 aromatic carbocycles. The number of para-hydroxylation sites is 1. The summed E-state index contributed by atoms with van der Waals surface area (Å²) in [5, 5.41) is 3.28. The van der Waals surface area contributed by atoms with Crippen molar-refractivity contribution in [3.63, 3.8) is 0 Å². The maximum Gasteiger partial charge on any atom is 0.242 e. The van der Waals surface area contributed by atoms with Crippen LogP contribution in [0.3, 0.4) is 0 Å². The van der Waals surface area contributed by atoms with Crippen LogP contribution >= 0.6 is 0 Å². The topological polar surface area (TPSA) is 61.4 Å². The first-order chi connectivity index (χ1) is 10.1. The third-order valence-corrected chi connectivity index (χ3v) is 5.60. The van der Waals surface area contributed by atoms with Crippen LogP contribution in [-0.2, 0) is 10.0 Å². The van der Waals surface area contributed by atoms with Crippen LogP contribution in [0.15, 0.2) is 29.2 Å². The van der Waals surface area contributed by atoms with Crippen molar-refractivity contribution in [2.75, 3.05) is 31.5 Å². The number of likely N-dealkylation sites (tertiary alicyclic amines) is 1. The molecule has 0 spiro atoms. The van der Waals surface area contributed by atoms with Crippen LogP contribution in [-0.4, -0.2) is 45.5 Å². The Kier molecular flexibility index (Phi) is 4.47. The molecule has 1 saturated carbocycles. The first-order valence-electron chi connectivity index (χ1n) is 7.73. The molecule has 116 valence electrons. The van der Waals surface area contributed by atoms with Crippen molar-refractivity contribution in [1.82, 2.24) is 9.62 Å². The van der Waals surface area contributed by atoms with Crippen molar-refractivity contribution in [2.45, 2.75) is 36.6 Å². The number of hydrogen-bond acceptors (Lipinski definition) is 4. The van der Waals surface area contributed by atoms with Crippen LogP contribution in [0.2, 0.25) is 0 Å². The molecule has 1 aliphatic carbocycles. The molecule has 0 amide bonds. The van der Waals surface area contributed by atoms with Crippen LogP contribution in [0.1, 0.15) is 25.7 Å². The molecule has 2 aliphatic rings. The number of rotatable bonds is 7. The van der Waals surface area contributed by atoms with E-state index in [1.54, 1.807) is 12.1 Å². The van der Waals surface area contributed by atoms with Crippen molar-refractivity contribution in [1.29, 1.82) is 0 Å². The lowest BCUT2D eigenvalue weighted by atomic mass is 10.3. The highest BCUT2D eigenvalue weighted by molar-refractivity contribution is 7.89. The second-order valence-electron chi connectivity index (χ2n) is 5.87. The van der Waals surface area contributed by atoms with E-state index in [0.29, 0.717) is 10.6 Å². The molecule has 5 nitrogen and oxygen atoms in total. The van der Waals surface area contributed by atoms with Crippen molar-refractivity contribution in [3.8, 4) is 0 Å². The maximum atomic E-state index is 12.4. The summed E-state index contributed by atoms with van der Waals surface area (Å²) in [5.74, 6) is 0. The first-order valence-corrected chi connectivity index (χ1v) is 9.21. The Morgan fingerprint density at radius 1 is 1.14 bits per heavy atom. The van der Waals surface area contributed by atoms with Crippen molar-refractivity contribution in [2.24, 2.45) is 0 Å². The van der Waals surface area contributed by atoms with Gasteiger partial charge in [-0.15, -0.1) is 0 Å². The molecular weight excluding hydrogens is 286 g/mol. The molecule has 1 aliphatic heterocycles. The summed E-state index contributed by atoms with van der Waals surface area (Å²) < 4.78 is 27.5. The molecule has 0 atom stereocenters. The number of benzene rings is 1. The number of nitrogens with one attached hydrogen (secondary N) is 2. The largest absolute Gasteiger partial charge is 0.383 e. The first kappa shape index (κ1) is 14.8. The maximum absolute atomic E-state index is 12.4. The van der Waals surface area contributed by atoms with Gasteiger partial charge < -0.3 is 10.2 Å². The summed E-state index contributed by atoms with van der Waals surface area (Å²) in [6, 6.07) is 7.28. The Balaban J connectivity index is 1.64. The number of nitrogens with zero attached hydrogens (tertiary/aromatic N) is 1. The van der Waals surface area contributed by atoms with Gasteiger partial charge in [0.05, 0.1) is 5.69 Å². The Morgan fingerprint density at radius 3 is 2.57 bits per heavy atom. The van der Waals surface area contributed by atoms with E-state index < -0.39 is 10.0 Å². The lowest BCUT2D eigenvalue weighted by molar-refractivity contribution is 0.352. The van der Waals surface area contributed by atoms with Gasteiger partial charge >= 0.3 is 0 Å². The summed E-state index contributed by atoms with van der Waals surface area (Å²) in [5.41, 5.74) is 0.699. The summed E-state index contributed by atoms with van der Waals surface area (Å²) >= 11 is 0. The van der Waals surface area contributed by atoms with E-state index >= 15 is 0 Å². The van der Waals surface area contributed by atoms with E-state index in [-0.39, 0.29) is 6.04 Å². The van der Waals surface area contributed by atoms with Crippen LogP contribution < -0.4 is 10.0 Å². The highest BCUT2D eigenvalue weighted by Crippen LogP contribution is 2.25. The Hall–Kier alpha value is -1.11. The zero-order valence-corrected chi connectivity index (χ0v) is 13.0. The van der Waals surface area contributed by atoms with Gasteiger partial charge in [-0.1, -0.05) is 12.1 Å². The SMILES string of the molecule is O=S(=O)(NC1CC1)c1ccccc1NCCN1CCCC1. The Labute approximate surface area is 126 Å². The standard InChI is InChI=1S/C15H23N3O2S/c19-21(20,17-13-7-8-13)15-6-2-1-5-14(15)16-9-12-18-10-3-4-11-18/h1-2,5-6,13,16-17H,3-4,7-12H2. The van der Waals surface area contributed by atoms with Gasteiger partial charge in [-0.25, -0.2) is 13.1 Å². The van der Waals surface area contributed by atoms with Gasteiger partial charge in [-0.2, -0.15) is 0 Å². The molecule has 0 bridgehead atoms. The van der Waals surface area contributed by atoms with Crippen molar-refractivity contribution in [3.05, 3.63) is 24.3 Å². The third kappa shape index (κ3) is 3.96. The molecular formula is C15H23N3O2S. The lowest BCUT2D eigenvalue weighted by Crippen LogP contribution is -2.28. The summed E-state index contributed by atoms with van der Waals surface area (Å²) in [6.45, 7) is 4.05. The molecule has 3 rings (SSSR count). The molecule has 2 N–H and O–H groups in total. The van der Waals surface area contributed by atoms with E-state index in [1.165, 1.54) is 12.8 Å².